The summed E-state index contributed by atoms with van der Waals surface area (Å²) in [7, 11) is 0. The molecule has 5 heteroatoms. The summed E-state index contributed by atoms with van der Waals surface area (Å²) in [6.45, 7) is 0. The van der Waals surface area contributed by atoms with Gasteiger partial charge < -0.3 is 0 Å². The first-order chi connectivity index (χ1) is 5.02. The van der Waals surface area contributed by atoms with Crippen molar-refractivity contribution in [3.05, 3.63) is 28.5 Å². The molecule has 0 atom stereocenters. The van der Waals surface area contributed by atoms with Crippen LogP contribution in [0.5, 0.6) is 0 Å². The lowest BCUT2D eigenvalue weighted by molar-refractivity contribution is -0.138. The van der Waals surface area contributed by atoms with Crippen molar-refractivity contribution in [2.24, 2.45) is 0 Å². The standard InChI is InChI=1S/C6H2BrF3N/c7-5-3-11-2-1-4(5)6(8,9)10/h1,3H. The molecule has 0 spiro atoms. The lowest BCUT2D eigenvalue weighted by atomic mass is 10.3. The third-order valence-corrected chi connectivity index (χ3v) is 1.66. The molecule has 1 aromatic heterocycles. The van der Waals surface area contributed by atoms with Gasteiger partial charge >= 0.3 is 6.18 Å². The lowest BCUT2D eigenvalue weighted by Gasteiger charge is -2.06. The molecule has 11 heavy (non-hydrogen) atoms. The third kappa shape index (κ3) is 1.92. The summed E-state index contributed by atoms with van der Waals surface area (Å²) in [5.74, 6) is 0. The minimum atomic E-state index is -4.34. The van der Waals surface area contributed by atoms with Crippen LogP contribution in [-0.2, 0) is 6.18 Å². The fraction of sp³-hybridized carbons (Fsp3) is 0.167. The van der Waals surface area contributed by atoms with E-state index < -0.39 is 11.7 Å². The van der Waals surface area contributed by atoms with Crippen LogP contribution in [0.1, 0.15) is 5.56 Å². The topological polar surface area (TPSA) is 12.9 Å². The zero-order chi connectivity index (χ0) is 8.48. The van der Waals surface area contributed by atoms with Crippen LogP contribution in [0, 0.1) is 6.20 Å². The van der Waals surface area contributed by atoms with Gasteiger partial charge in [0.2, 0.25) is 0 Å². The van der Waals surface area contributed by atoms with Gasteiger partial charge in [-0.05, 0) is 22.0 Å². The summed E-state index contributed by atoms with van der Waals surface area (Å²) >= 11 is 2.73. The Labute approximate surface area is 69.4 Å². The average Bonchev–Trinajstić information content (AvgIpc) is 1.86. The second-order valence-corrected chi connectivity index (χ2v) is 2.65. The largest absolute Gasteiger partial charge is 0.417 e. The van der Waals surface area contributed by atoms with E-state index in [0.717, 1.165) is 12.3 Å². The van der Waals surface area contributed by atoms with E-state index >= 15 is 0 Å². The zero-order valence-corrected chi connectivity index (χ0v) is 6.70. The van der Waals surface area contributed by atoms with Crippen molar-refractivity contribution in [1.29, 1.82) is 0 Å². The van der Waals surface area contributed by atoms with Crippen LogP contribution in [0.2, 0.25) is 0 Å². The molecule has 0 fully saturated rings. The van der Waals surface area contributed by atoms with Crippen LogP contribution in [0.25, 0.3) is 0 Å². The highest BCUT2D eigenvalue weighted by atomic mass is 79.9. The molecule has 0 unspecified atom stereocenters. The number of pyridine rings is 1. The van der Waals surface area contributed by atoms with Crippen molar-refractivity contribution in [3.63, 3.8) is 0 Å². The highest BCUT2D eigenvalue weighted by Crippen LogP contribution is 2.33. The van der Waals surface area contributed by atoms with E-state index in [1.165, 1.54) is 0 Å². The molecule has 0 amide bonds. The Morgan fingerprint density at radius 2 is 2.09 bits per heavy atom. The number of alkyl halides is 3. The molecular weight excluding hydrogens is 223 g/mol. The molecule has 1 aromatic rings. The molecule has 0 aliphatic carbocycles. The molecule has 1 radical (unpaired) electrons. The minimum absolute atomic E-state index is 0.0660. The van der Waals surface area contributed by atoms with Gasteiger partial charge in [-0.15, -0.1) is 0 Å². The SMILES string of the molecule is FC(F)(F)c1c[c]ncc1Br. The third-order valence-electron chi connectivity index (χ3n) is 1.02. The smallest absolute Gasteiger partial charge is 0.253 e. The number of nitrogens with zero attached hydrogens (tertiary/aromatic N) is 1. The maximum absolute atomic E-state index is 12.0. The van der Waals surface area contributed by atoms with E-state index in [-0.39, 0.29) is 4.47 Å². The van der Waals surface area contributed by atoms with Crippen molar-refractivity contribution >= 4 is 15.9 Å². The molecular formula is C6H2BrF3N. The highest BCUT2D eigenvalue weighted by molar-refractivity contribution is 9.10. The summed E-state index contributed by atoms with van der Waals surface area (Å²) in [6.07, 6.45) is -1.17. The van der Waals surface area contributed by atoms with Gasteiger partial charge in [-0.1, -0.05) is 0 Å². The van der Waals surface area contributed by atoms with Crippen molar-refractivity contribution < 1.29 is 13.2 Å². The van der Waals surface area contributed by atoms with Crippen molar-refractivity contribution in [1.82, 2.24) is 4.98 Å². The molecule has 1 rings (SSSR count). The second kappa shape index (κ2) is 2.81. The number of aromatic nitrogens is 1. The van der Waals surface area contributed by atoms with E-state index in [9.17, 15) is 13.2 Å². The normalized spacial score (nSPS) is 11.6. The molecule has 1 nitrogen and oxygen atoms in total. The van der Waals surface area contributed by atoms with Gasteiger partial charge in [-0.25, -0.2) is 0 Å². The van der Waals surface area contributed by atoms with Crippen molar-refractivity contribution in [2.75, 3.05) is 0 Å². The van der Waals surface area contributed by atoms with Gasteiger partial charge in [0, 0.05) is 10.7 Å². The van der Waals surface area contributed by atoms with E-state index in [0.29, 0.717) is 0 Å². The first-order valence-electron chi connectivity index (χ1n) is 2.60. The Morgan fingerprint density at radius 1 is 1.45 bits per heavy atom. The molecule has 1 heterocycles. The average molecular weight is 225 g/mol. The molecule has 59 valence electrons. The Hall–Kier alpha value is -0.580. The Kier molecular flexibility index (Phi) is 2.17. The van der Waals surface area contributed by atoms with Gasteiger partial charge in [-0.2, -0.15) is 13.2 Å². The van der Waals surface area contributed by atoms with Crippen molar-refractivity contribution in [2.45, 2.75) is 6.18 Å². The fourth-order valence-electron chi connectivity index (χ4n) is 0.551. The molecule has 0 aromatic carbocycles. The summed E-state index contributed by atoms with van der Waals surface area (Å²) in [6, 6.07) is 0.796. The predicted octanol–water partition coefficient (Wildman–Crippen LogP) is 2.66. The zero-order valence-electron chi connectivity index (χ0n) is 5.11. The Balaban J connectivity index is 3.14. The van der Waals surface area contributed by atoms with E-state index in [1.807, 2.05) is 0 Å². The van der Waals surface area contributed by atoms with Gasteiger partial charge in [0.25, 0.3) is 0 Å². The van der Waals surface area contributed by atoms with Crippen LogP contribution >= 0.6 is 15.9 Å². The van der Waals surface area contributed by atoms with Gasteiger partial charge in [-0.3, -0.25) is 4.98 Å². The fourth-order valence-corrected chi connectivity index (χ4v) is 0.993. The number of halogens is 4. The van der Waals surface area contributed by atoms with E-state index in [4.69, 9.17) is 0 Å². The predicted molar refractivity (Wildman–Crippen MR) is 35.8 cm³/mol. The van der Waals surface area contributed by atoms with Crippen LogP contribution in [0.3, 0.4) is 0 Å². The lowest BCUT2D eigenvalue weighted by Crippen LogP contribution is -2.05. The monoisotopic (exact) mass is 224 g/mol. The maximum atomic E-state index is 12.0. The molecule has 0 N–H and O–H groups in total. The maximum Gasteiger partial charge on any atom is 0.417 e. The van der Waals surface area contributed by atoms with Gasteiger partial charge in [0.05, 0.1) is 11.8 Å². The summed E-state index contributed by atoms with van der Waals surface area (Å²) in [4.78, 5) is 3.39. The Morgan fingerprint density at radius 3 is 2.45 bits per heavy atom. The number of rotatable bonds is 0. The molecule has 0 aliphatic heterocycles. The Bertz CT molecular complexity index is 258. The van der Waals surface area contributed by atoms with Crippen LogP contribution in [0.4, 0.5) is 13.2 Å². The van der Waals surface area contributed by atoms with E-state index in [1.54, 1.807) is 0 Å². The molecule has 0 aliphatic rings. The summed E-state index contributed by atoms with van der Waals surface area (Å²) < 4.78 is 35.8. The van der Waals surface area contributed by atoms with Crippen LogP contribution < -0.4 is 0 Å². The van der Waals surface area contributed by atoms with E-state index in [2.05, 4.69) is 27.1 Å². The molecule has 0 saturated heterocycles. The summed E-state index contributed by atoms with van der Waals surface area (Å²) in [5.41, 5.74) is -0.757. The first kappa shape index (κ1) is 8.52. The quantitative estimate of drug-likeness (QED) is 0.661. The minimum Gasteiger partial charge on any atom is -0.253 e. The van der Waals surface area contributed by atoms with Gasteiger partial charge in [0.15, 0.2) is 0 Å². The first-order valence-corrected chi connectivity index (χ1v) is 3.40. The number of hydrogen-bond acceptors (Lipinski definition) is 1. The number of hydrogen-bond donors (Lipinski definition) is 0. The van der Waals surface area contributed by atoms with Crippen molar-refractivity contribution in [3.8, 4) is 0 Å². The van der Waals surface area contributed by atoms with Crippen LogP contribution in [0.15, 0.2) is 16.7 Å². The van der Waals surface area contributed by atoms with Crippen LogP contribution in [-0.4, -0.2) is 4.98 Å². The molecule has 0 saturated carbocycles. The van der Waals surface area contributed by atoms with Gasteiger partial charge in [0.1, 0.15) is 0 Å². The highest BCUT2D eigenvalue weighted by Gasteiger charge is 2.32. The molecule has 0 bridgehead atoms. The summed E-state index contributed by atoms with van der Waals surface area (Å²) in [5, 5.41) is 0. The second-order valence-electron chi connectivity index (χ2n) is 1.79.